The number of carbonyl (C=O) groups is 1. The predicted octanol–water partition coefficient (Wildman–Crippen LogP) is 4.49. The van der Waals surface area contributed by atoms with Crippen LogP contribution in [0.3, 0.4) is 0 Å². The van der Waals surface area contributed by atoms with Crippen molar-refractivity contribution < 1.29 is 17.9 Å². The molecule has 0 fully saturated rings. The maximum absolute atomic E-state index is 13.3. The molecule has 0 saturated heterocycles. The van der Waals surface area contributed by atoms with Crippen LogP contribution < -0.4 is 14.4 Å². The number of hydrogen-bond donors (Lipinski definition) is 1. The second kappa shape index (κ2) is 9.19. The van der Waals surface area contributed by atoms with E-state index in [0.717, 1.165) is 9.87 Å². The van der Waals surface area contributed by atoms with E-state index in [9.17, 15) is 13.2 Å². The Balaban J connectivity index is 1.91. The summed E-state index contributed by atoms with van der Waals surface area (Å²) in [5, 5.41) is 3.31. The summed E-state index contributed by atoms with van der Waals surface area (Å²) in [6, 6.07) is 19.6. The minimum absolute atomic E-state index is 0.0580. The number of aryl methyl sites for hydroxylation is 1. The smallest absolute Gasteiger partial charge is 0.264 e. The van der Waals surface area contributed by atoms with Crippen molar-refractivity contribution in [2.45, 2.75) is 11.8 Å². The zero-order valence-corrected chi connectivity index (χ0v) is 18.1. The molecule has 0 aromatic heterocycles. The molecule has 1 N–H and O–H groups in total. The van der Waals surface area contributed by atoms with Crippen molar-refractivity contribution >= 4 is 38.9 Å². The number of rotatable bonds is 7. The molecular formula is C22H21ClN2O4S. The van der Waals surface area contributed by atoms with Crippen LogP contribution in [0.4, 0.5) is 11.4 Å². The van der Waals surface area contributed by atoms with Crippen LogP contribution in [0, 0.1) is 6.92 Å². The third kappa shape index (κ3) is 4.93. The van der Waals surface area contributed by atoms with E-state index in [1.54, 1.807) is 60.7 Å². The molecule has 3 aromatic rings. The molecular weight excluding hydrogens is 424 g/mol. The summed E-state index contributed by atoms with van der Waals surface area (Å²) in [5.74, 6) is 0.0672. The summed E-state index contributed by atoms with van der Waals surface area (Å²) < 4.78 is 32.8. The Hall–Kier alpha value is -3.03. The van der Waals surface area contributed by atoms with Crippen LogP contribution in [0.5, 0.6) is 5.75 Å². The van der Waals surface area contributed by atoms with Gasteiger partial charge in [-0.15, -0.1) is 0 Å². The van der Waals surface area contributed by atoms with Crippen LogP contribution in [-0.2, 0) is 14.8 Å². The maximum atomic E-state index is 13.3. The van der Waals surface area contributed by atoms with Crippen molar-refractivity contribution in [2.24, 2.45) is 0 Å². The first-order valence-corrected chi connectivity index (χ1v) is 10.9. The normalized spacial score (nSPS) is 11.0. The van der Waals surface area contributed by atoms with E-state index >= 15 is 0 Å². The van der Waals surface area contributed by atoms with Gasteiger partial charge in [0.05, 0.1) is 17.7 Å². The third-order valence-electron chi connectivity index (χ3n) is 4.44. The lowest BCUT2D eigenvalue weighted by atomic mass is 10.2. The highest BCUT2D eigenvalue weighted by molar-refractivity contribution is 7.92. The Morgan fingerprint density at radius 1 is 1.03 bits per heavy atom. The Morgan fingerprint density at radius 2 is 1.70 bits per heavy atom. The monoisotopic (exact) mass is 444 g/mol. The molecule has 0 spiro atoms. The fourth-order valence-corrected chi connectivity index (χ4v) is 4.52. The molecule has 0 bridgehead atoms. The van der Waals surface area contributed by atoms with Crippen LogP contribution in [0.1, 0.15) is 5.56 Å². The Bertz CT molecular complexity index is 1130. The number of methoxy groups -OCH3 is 1. The van der Waals surface area contributed by atoms with Gasteiger partial charge < -0.3 is 10.1 Å². The highest BCUT2D eigenvalue weighted by Crippen LogP contribution is 2.25. The van der Waals surface area contributed by atoms with Crippen molar-refractivity contribution in [3.63, 3.8) is 0 Å². The molecule has 8 heteroatoms. The summed E-state index contributed by atoms with van der Waals surface area (Å²) in [6.07, 6.45) is 0. The number of sulfonamides is 1. The molecule has 0 aliphatic rings. The average Bonchev–Trinajstić information content (AvgIpc) is 2.74. The number of amides is 1. The van der Waals surface area contributed by atoms with Gasteiger partial charge in [-0.05, 0) is 67.1 Å². The fraction of sp³-hybridized carbons (Fsp3) is 0.136. The maximum Gasteiger partial charge on any atom is 0.264 e. The molecule has 3 rings (SSSR count). The number of ether oxygens (including phenoxy) is 1. The van der Waals surface area contributed by atoms with E-state index in [1.807, 2.05) is 6.92 Å². The van der Waals surface area contributed by atoms with E-state index in [0.29, 0.717) is 22.1 Å². The first-order chi connectivity index (χ1) is 14.3. The number of nitrogens with one attached hydrogen (secondary N) is 1. The summed E-state index contributed by atoms with van der Waals surface area (Å²) in [5.41, 5.74) is 1.73. The van der Waals surface area contributed by atoms with E-state index in [1.165, 1.54) is 19.2 Å². The van der Waals surface area contributed by atoms with E-state index < -0.39 is 15.9 Å². The number of hydrogen-bond acceptors (Lipinski definition) is 4. The van der Waals surface area contributed by atoms with Gasteiger partial charge in [0.1, 0.15) is 12.3 Å². The number of carbonyl (C=O) groups excluding carboxylic acids is 1. The Kier molecular flexibility index (Phi) is 6.64. The summed E-state index contributed by atoms with van der Waals surface area (Å²) in [6.45, 7) is 1.42. The van der Waals surface area contributed by atoms with Crippen molar-refractivity contribution in [2.75, 3.05) is 23.3 Å². The molecule has 1 amide bonds. The standard InChI is InChI=1S/C22H21ClN2O4S/c1-16-14-17(23)8-13-21(16)24-22(26)15-25(18-6-4-3-5-7-18)30(27,28)20-11-9-19(29-2)10-12-20/h3-14H,15H2,1-2H3,(H,24,26). The largest absolute Gasteiger partial charge is 0.497 e. The van der Waals surface area contributed by atoms with Gasteiger partial charge in [-0.25, -0.2) is 8.42 Å². The van der Waals surface area contributed by atoms with Crippen LogP contribution in [0.2, 0.25) is 5.02 Å². The van der Waals surface area contributed by atoms with Gasteiger partial charge in [-0.1, -0.05) is 29.8 Å². The SMILES string of the molecule is COc1ccc(S(=O)(=O)N(CC(=O)Nc2ccc(Cl)cc2C)c2ccccc2)cc1. The van der Waals surface area contributed by atoms with Crippen molar-refractivity contribution in [3.8, 4) is 5.75 Å². The lowest BCUT2D eigenvalue weighted by molar-refractivity contribution is -0.114. The second-order valence-corrected chi connectivity index (χ2v) is 8.83. The zero-order valence-electron chi connectivity index (χ0n) is 16.5. The van der Waals surface area contributed by atoms with Gasteiger partial charge >= 0.3 is 0 Å². The summed E-state index contributed by atoms with van der Waals surface area (Å²) in [4.78, 5) is 12.8. The topological polar surface area (TPSA) is 75.7 Å². The molecule has 0 aliphatic carbocycles. The minimum Gasteiger partial charge on any atom is -0.497 e. The van der Waals surface area contributed by atoms with E-state index in [2.05, 4.69) is 5.32 Å². The molecule has 156 valence electrons. The van der Waals surface area contributed by atoms with Gasteiger partial charge in [-0.3, -0.25) is 9.10 Å². The number of para-hydroxylation sites is 1. The van der Waals surface area contributed by atoms with Crippen molar-refractivity contribution in [3.05, 3.63) is 83.4 Å². The summed E-state index contributed by atoms with van der Waals surface area (Å²) in [7, 11) is -2.48. The van der Waals surface area contributed by atoms with E-state index in [4.69, 9.17) is 16.3 Å². The highest BCUT2D eigenvalue weighted by atomic mass is 35.5. The van der Waals surface area contributed by atoms with Gasteiger partial charge in [0.25, 0.3) is 10.0 Å². The molecule has 6 nitrogen and oxygen atoms in total. The molecule has 0 radical (unpaired) electrons. The Morgan fingerprint density at radius 3 is 2.30 bits per heavy atom. The number of halogens is 1. The number of nitrogens with zero attached hydrogens (tertiary/aromatic N) is 1. The lowest BCUT2D eigenvalue weighted by Gasteiger charge is -2.24. The van der Waals surface area contributed by atoms with Crippen LogP contribution >= 0.6 is 11.6 Å². The predicted molar refractivity (Wildman–Crippen MR) is 119 cm³/mol. The van der Waals surface area contributed by atoms with Gasteiger partial charge in [0.15, 0.2) is 0 Å². The van der Waals surface area contributed by atoms with Gasteiger partial charge in [-0.2, -0.15) is 0 Å². The average molecular weight is 445 g/mol. The first-order valence-electron chi connectivity index (χ1n) is 9.09. The summed E-state index contributed by atoms with van der Waals surface area (Å²) >= 11 is 5.96. The number of benzene rings is 3. The molecule has 0 unspecified atom stereocenters. The van der Waals surface area contributed by atoms with Crippen LogP contribution in [0.25, 0.3) is 0 Å². The quantitative estimate of drug-likeness (QED) is 0.582. The zero-order chi connectivity index (χ0) is 21.7. The fourth-order valence-electron chi connectivity index (χ4n) is 2.87. The third-order valence-corrected chi connectivity index (χ3v) is 6.46. The molecule has 0 atom stereocenters. The lowest BCUT2D eigenvalue weighted by Crippen LogP contribution is -2.38. The van der Waals surface area contributed by atoms with Crippen molar-refractivity contribution in [1.82, 2.24) is 0 Å². The second-order valence-electron chi connectivity index (χ2n) is 6.53. The van der Waals surface area contributed by atoms with Crippen LogP contribution in [-0.4, -0.2) is 28.0 Å². The first kappa shape index (κ1) is 21.7. The van der Waals surface area contributed by atoms with Crippen LogP contribution in [0.15, 0.2) is 77.7 Å². The molecule has 0 saturated carbocycles. The van der Waals surface area contributed by atoms with E-state index in [-0.39, 0.29) is 11.4 Å². The minimum atomic E-state index is -3.99. The number of anilines is 2. The molecule has 30 heavy (non-hydrogen) atoms. The molecule has 3 aromatic carbocycles. The highest BCUT2D eigenvalue weighted by Gasteiger charge is 2.27. The van der Waals surface area contributed by atoms with Gasteiger partial charge in [0, 0.05) is 10.7 Å². The Labute approximate surface area is 181 Å². The molecule has 0 aliphatic heterocycles. The molecule has 0 heterocycles. The van der Waals surface area contributed by atoms with Crippen molar-refractivity contribution in [1.29, 1.82) is 0 Å². The van der Waals surface area contributed by atoms with Gasteiger partial charge in [0.2, 0.25) is 5.91 Å².